The smallest absolute Gasteiger partial charge is 0.243 e. The lowest BCUT2D eigenvalue weighted by atomic mass is 9.97. The maximum absolute atomic E-state index is 13.2. The molecular weight excluding hydrogens is 412 g/mol. The van der Waals surface area contributed by atoms with Crippen molar-refractivity contribution in [1.29, 1.82) is 0 Å². The van der Waals surface area contributed by atoms with Crippen molar-refractivity contribution in [3.05, 3.63) is 84.4 Å². The number of hydrogen-bond donors (Lipinski definition) is 1. The van der Waals surface area contributed by atoms with Crippen molar-refractivity contribution in [2.24, 2.45) is 13.0 Å². The van der Waals surface area contributed by atoms with Crippen LogP contribution in [0.15, 0.2) is 78.0 Å². The zero-order valence-electron chi connectivity index (χ0n) is 17.4. The van der Waals surface area contributed by atoms with E-state index in [0.29, 0.717) is 19.4 Å². The van der Waals surface area contributed by atoms with Crippen LogP contribution < -0.4 is 5.32 Å². The van der Waals surface area contributed by atoms with Crippen molar-refractivity contribution in [3.8, 4) is 0 Å². The van der Waals surface area contributed by atoms with Crippen LogP contribution in [-0.4, -0.2) is 41.3 Å². The number of benzene rings is 2. The Labute approximate surface area is 182 Å². The van der Waals surface area contributed by atoms with Crippen LogP contribution in [0.4, 0.5) is 0 Å². The molecule has 31 heavy (non-hydrogen) atoms. The van der Waals surface area contributed by atoms with Crippen LogP contribution in [0.1, 0.15) is 30.3 Å². The van der Waals surface area contributed by atoms with E-state index in [4.69, 9.17) is 0 Å². The average molecular weight is 439 g/mol. The topological polar surface area (TPSA) is 84.3 Å². The summed E-state index contributed by atoms with van der Waals surface area (Å²) in [5.74, 6) is 0.146. The first-order valence-corrected chi connectivity index (χ1v) is 11.8. The first-order valence-electron chi connectivity index (χ1n) is 10.3. The van der Waals surface area contributed by atoms with Gasteiger partial charge in [-0.15, -0.1) is 0 Å². The third kappa shape index (κ3) is 4.55. The Bertz CT molecular complexity index is 1130. The third-order valence-electron chi connectivity index (χ3n) is 5.67. The summed E-state index contributed by atoms with van der Waals surface area (Å²) >= 11 is 0. The molecule has 1 fully saturated rings. The predicted octanol–water partition coefficient (Wildman–Crippen LogP) is 2.73. The molecular formula is C23H26N4O3S. The number of sulfonamides is 1. The number of carbonyl (C=O) groups is 1. The normalized spacial score (nSPS) is 18.4. The van der Waals surface area contributed by atoms with Gasteiger partial charge in [0, 0.05) is 32.5 Å². The average Bonchev–Trinajstić information content (AvgIpc) is 3.24. The number of nitrogens with one attached hydrogen (secondary N) is 1. The van der Waals surface area contributed by atoms with Gasteiger partial charge in [-0.2, -0.15) is 4.31 Å². The summed E-state index contributed by atoms with van der Waals surface area (Å²) in [5, 5.41) is 3.11. The Balaban J connectivity index is 1.54. The van der Waals surface area contributed by atoms with Crippen molar-refractivity contribution < 1.29 is 13.2 Å². The van der Waals surface area contributed by atoms with Gasteiger partial charge in [0.1, 0.15) is 11.9 Å². The molecule has 1 N–H and O–H groups in total. The van der Waals surface area contributed by atoms with Gasteiger partial charge in [-0.25, -0.2) is 13.4 Å². The summed E-state index contributed by atoms with van der Waals surface area (Å²) in [5.41, 5.74) is 0.926. The summed E-state index contributed by atoms with van der Waals surface area (Å²) in [6, 6.07) is 17.6. The molecule has 8 heteroatoms. The Morgan fingerprint density at radius 3 is 2.42 bits per heavy atom. The Kier molecular flexibility index (Phi) is 6.20. The van der Waals surface area contributed by atoms with Crippen LogP contribution in [0.2, 0.25) is 0 Å². The van der Waals surface area contributed by atoms with Crippen molar-refractivity contribution in [1.82, 2.24) is 19.2 Å². The van der Waals surface area contributed by atoms with E-state index in [-0.39, 0.29) is 17.3 Å². The summed E-state index contributed by atoms with van der Waals surface area (Å²) in [7, 11) is -1.73. The second kappa shape index (κ2) is 9.03. The molecule has 1 saturated heterocycles. The van der Waals surface area contributed by atoms with Crippen LogP contribution in [0.25, 0.3) is 0 Å². The molecule has 4 rings (SSSR count). The van der Waals surface area contributed by atoms with Crippen LogP contribution in [-0.2, 0) is 21.9 Å². The number of amides is 1. The molecule has 1 aromatic heterocycles. The van der Waals surface area contributed by atoms with E-state index < -0.39 is 22.0 Å². The van der Waals surface area contributed by atoms with Crippen molar-refractivity contribution in [2.75, 3.05) is 13.1 Å². The second-order valence-corrected chi connectivity index (χ2v) is 9.70. The van der Waals surface area contributed by atoms with E-state index in [9.17, 15) is 13.2 Å². The zero-order valence-corrected chi connectivity index (χ0v) is 18.2. The van der Waals surface area contributed by atoms with Gasteiger partial charge in [-0.05, 0) is 30.5 Å². The monoisotopic (exact) mass is 438 g/mol. The lowest BCUT2D eigenvalue weighted by Crippen LogP contribution is -2.46. The number of carbonyl (C=O) groups excluding carboxylic acids is 1. The van der Waals surface area contributed by atoms with E-state index in [0.717, 1.165) is 11.4 Å². The molecule has 0 spiro atoms. The molecule has 7 nitrogen and oxygen atoms in total. The van der Waals surface area contributed by atoms with Gasteiger partial charge in [0.25, 0.3) is 0 Å². The van der Waals surface area contributed by atoms with E-state index in [1.165, 1.54) is 4.31 Å². The van der Waals surface area contributed by atoms with Crippen LogP contribution in [0.5, 0.6) is 0 Å². The maximum atomic E-state index is 13.2. The molecule has 162 valence electrons. The van der Waals surface area contributed by atoms with Crippen molar-refractivity contribution in [3.63, 3.8) is 0 Å². The van der Waals surface area contributed by atoms with Crippen LogP contribution in [0.3, 0.4) is 0 Å². The summed E-state index contributed by atoms with van der Waals surface area (Å²) in [4.78, 5) is 17.9. The number of aryl methyl sites for hydroxylation is 1. The fraction of sp³-hybridized carbons (Fsp3) is 0.304. The Hall–Kier alpha value is -2.97. The fourth-order valence-corrected chi connectivity index (χ4v) is 5.52. The predicted molar refractivity (Wildman–Crippen MR) is 118 cm³/mol. The molecule has 0 aliphatic carbocycles. The van der Waals surface area contributed by atoms with Gasteiger partial charge in [-0.3, -0.25) is 4.79 Å². The van der Waals surface area contributed by atoms with Gasteiger partial charge in [-0.1, -0.05) is 48.5 Å². The minimum absolute atomic E-state index is 0.162. The number of nitrogens with zero attached hydrogens (tertiary/aromatic N) is 3. The number of hydrogen-bond acceptors (Lipinski definition) is 4. The van der Waals surface area contributed by atoms with Crippen LogP contribution >= 0.6 is 0 Å². The highest BCUT2D eigenvalue weighted by Crippen LogP contribution is 2.26. The van der Waals surface area contributed by atoms with Gasteiger partial charge < -0.3 is 9.88 Å². The minimum Gasteiger partial charge on any atom is -0.342 e. The summed E-state index contributed by atoms with van der Waals surface area (Å²) < 4.78 is 29.3. The maximum Gasteiger partial charge on any atom is 0.243 e. The largest absolute Gasteiger partial charge is 0.342 e. The molecule has 3 aromatic rings. The minimum atomic E-state index is -3.62. The SMILES string of the molecule is Cn1ccnc1C(NC(=O)C1CCCN(S(=O)(=O)c2ccccc2)C1)c1ccccc1. The zero-order chi connectivity index (χ0) is 21.8. The van der Waals surface area contributed by atoms with E-state index in [2.05, 4.69) is 10.3 Å². The van der Waals surface area contributed by atoms with Gasteiger partial charge in [0.15, 0.2) is 0 Å². The lowest BCUT2D eigenvalue weighted by Gasteiger charge is -2.32. The van der Waals surface area contributed by atoms with E-state index in [1.54, 1.807) is 36.5 Å². The number of imidazole rings is 1. The molecule has 2 aromatic carbocycles. The fourth-order valence-electron chi connectivity index (χ4n) is 3.97. The van der Waals surface area contributed by atoms with Gasteiger partial charge in [0.05, 0.1) is 10.8 Å². The highest BCUT2D eigenvalue weighted by atomic mass is 32.2. The standard InChI is InChI=1S/C23H26N4O3S/c1-26-16-14-24-22(26)21(18-9-4-2-5-10-18)25-23(28)19-11-8-15-27(17-19)31(29,30)20-12-6-3-7-13-20/h2-7,9-10,12-14,16,19,21H,8,11,15,17H2,1H3,(H,25,28). The molecule has 2 unspecified atom stereocenters. The third-order valence-corrected chi connectivity index (χ3v) is 7.55. The molecule has 2 atom stereocenters. The van der Waals surface area contributed by atoms with Crippen LogP contribution in [0, 0.1) is 5.92 Å². The Morgan fingerprint density at radius 2 is 1.77 bits per heavy atom. The molecule has 1 aliphatic rings. The second-order valence-electron chi connectivity index (χ2n) is 7.76. The lowest BCUT2D eigenvalue weighted by molar-refractivity contribution is -0.126. The molecule has 0 bridgehead atoms. The Morgan fingerprint density at radius 1 is 1.10 bits per heavy atom. The molecule has 2 heterocycles. The first-order chi connectivity index (χ1) is 15.0. The van der Waals surface area contributed by atoms with Crippen molar-refractivity contribution in [2.45, 2.75) is 23.8 Å². The summed E-state index contributed by atoms with van der Waals surface area (Å²) in [6.07, 6.45) is 4.83. The van der Waals surface area contributed by atoms with Gasteiger partial charge >= 0.3 is 0 Å². The summed E-state index contributed by atoms with van der Waals surface area (Å²) in [6.45, 7) is 0.591. The van der Waals surface area contributed by atoms with Crippen molar-refractivity contribution >= 4 is 15.9 Å². The molecule has 0 saturated carbocycles. The van der Waals surface area contributed by atoms with Gasteiger partial charge in [0.2, 0.25) is 15.9 Å². The highest BCUT2D eigenvalue weighted by molar-refractivity contribution is 7.89. The molecule has 0 radical (unpaired) electrons. The highest BCUT2D eigenvalue weighted by Gasteiger charge is 2.34. The van der Waals surface area contributed by atoms with E-state index in [1.807, 2.05) is 48.1 Å². The quantitative estimate of drug-likeness (QED) is 0.641. The number of piperidine rings is 1. The molecule has 1 amide bonds. The first kappa shape index (κ1) is 21.3. The number of rotatable bonds is 6. The molecule has 1 aliphatic heterocycles. The number of aromatic nitrogens is 2. The van der Waals surface area contributed by atoms with E-state index >= 15 is 0 Å².